The fourth-order valence-corrected chi connectivity index (χ4v) is 1.50. The second-order valence-corrected chi connectivity index (χ2v) is 5.10. The lowest BCUT2D eigenvalue weighted by atomic mass is 10.2. The van der Waals surface area contributed by atoms with Gasteiger partial charge in [0, 0.05) is 12.2 Å². The van der Waals surface area contributed by atoms with Crippen LogP contribution in [0.1, 0.15) is 5.56 Å². The fourth-order valence-electron chi connectivity index (χ4n) is 1.11. The predicted octanol–water partition coefficient (Wildman–Crippen LogP) is 1.41. The molecule has 0 spiro atoms. The number of nitrogens with one attached hydrogen (secondary N) is 1. The van der Waals surface area contributed by atoms with E-state index < -0.39 is 21.8 Å². The monoisotopic (exact) mass is 268 g/mol. The molecule has 0 aromatic heterocycles. The van der Waals surface area contributed by atoms with Gasteiger partial charge in [-0.25, -0.2) is 13.6 Å². The molecule has 0 fully saturated rings. The summed E-state index contributed by atoms with van der Waals surface area (Å²) in [5, 5.41) is 7.42. The summed E-state index contributed by atoms with van der Waals surface area (Å²) < 4.78 is 57.8. The van der Waals surface area contributed by atoms with Gasteiger partial charge in [-0.15, -0.1) is 0 Å². The Morgan fingerprint density at radius 1 is 1.18 bits per heavy atom. The van der Waals surface area contributed by atoms with Crippen LogP contribution in [0, 0.1) is 0 Å². The van der Waals surface area contributed by atoms with Crippen molar-refractivity contribution in [1.82, 2.24) is 0 Å². The van der Waals surface area contributed by atoms with Crippen LogP contribution in [0.15, 0.2) is 24.3 Å². The minimum absolute atomic E-state index is 0.0458. The molecule has 1 aromatic carbocycles. The quantitative estimate of drug-likeness (QED) is 0.867. The minimum Gasteiger partial charge on any atom is -0.384 e. The topological polar surface area (TPSA) is 72.2 Å². The first kappa shape index (κ1) is 13.8. The third-order valence-corrected chi connectivity index (χ3v) is 2.70. The van der Waals surface area contributed by atoms with E-state index in [2.05, 4.69) is 5.32 Å². The Morgan fingerprint density at radius 3 is 2.12 bits per heavy atom. The Hall–Kier alpha value is -1.28. The number of alkyl halides is 3. The zero-order valence-electron chi connectivity index (χ0n) is 8.66. The number of anilines is 1. The van der Waals surface area contributed by atoms with Crippen LogP contribution < -0.4 is 10.5 Å². The molecule has 0 saturated heterocycles. The zero-order valence-corrected chi connectivity index (χ0v) is 9.48. The number of hydrogen-bond donors (Lipinski definition) is 2. The Kier molecular flexibility index (Phi) is 3.99. The van der Waals surface area contributed by atoms with Gasteiger partial charge in [0.05, 0.1) is 11.3 Å². The van der Waals surface area contributed by atoms with E-state index in [1.807, 2.05) is 0 Å². The SMILES string of the molecule is NS(=O)(=O)CCNc1ccc(C(F)(F)F)cc1. The van der Waals surface area contributed by atoms with Gasteiger partial charge in [0.1, 0.15) is 0 Å². The van der Waals surface area contributed by atoms with Gasteiger partial charge in [-0.05, 0) is 24.3 Å². The van der Waals surface area contributed by atoms with Gasteiger partial charge < -0.3 is 5.32 Å². The minimum atomic E-state index is -4.38. The maximum absolute atomic E-state index is 12.2. The molecule has 0 aliphatic rings. The van der Waals surface area contributed by atoms with Crippen molar-refractivity contribution in [2.45, 2.75) is 6.18 Å². The summed E-state index contributed by atoms with van der Waals surface area (Å²) in [6.45, 7) is 0.0458. The maximum atomic E-state index is 12.2. The third kappa shape index (κ3) is 5.05. The lowest BCUT2D eigenvalue weighted by molar-refractivity contribution is -0.137. The molecule has 0 amide bonds. The maximum Gasteiger partial charge on any atom is 0.416 e. The zero-order chi connectivity index (χ0) is 13.1. The van der Waals surface area contributed by atoms with E-state index in [4.69, 9.17) is 5.14 Å². The van der Waals surface area contributed by atoms with Gasteiger partial charge in [0.15, 0.2) is 0 Å². The molecule has 0 aliphatic carbocycles. The molecular formula is C9H11F3N2O2S. The van der Waals surface area contributed by atoms with Crippen LogP contribution in [0.4, 0.5) is 18.9 Å². The lowest BCUT2D eigenvalue weighted by Crippen LogP contribution is -2.22. The first-order chi connectivity index (χ1) is 7.68. The third-order valence-electron chi connectivity index (χ3n) is 1.93. The summed E-state index contributed by atoms with van der Waals surface area (Å²) in [6, 6.07) is 4.29. The van der Waals surface area contributed by atoms with E-state index in [1.54, 1.807) is 0 Å². The Labute approximate surface area is 96.7 Å². The largest absolute Gasteiger partial charge is 0.416 e. The van der Waals surface area contributed by atoms with Crippen molar-refractivity contribution >= 4 is 15.7 Å². The van der Waals surface area contributed by atoms with Crippen molar-refractivity contribution in [2.75, 3.05) is 17.6 Å². The van der Waals surface area contributed by atoms with E-state index in [0.717, 1.165) is 12.1 Å². The van der Waals surface area contributed by atoms with Crippen LogP contribution in [0.5, 0.6) is 0 Å². The molecule has 0 radical (unpaired) electrons. The van der Waals surface area contributed by atoms with E-state index in [1.165, 1.54) is 12.1 Å². The van der Waals surface area contributed by atoms with Crippen molar-refractivity contribution in [1.29, 1.82) is 0 Å². The predicted molar refractivity (Wildman–Crippen MR) is 57.9 cm³/mol. The summed E-state index contributed by atoms with van der Waals surface area (Å²) in [4.78, 5) is 0. The van der Waals surface area contributed by atoms with E-state index in [-0.39, 0.29) is 12.3 Å². The van der Waals surface area contributed by atoms with E-state index in [9.17, 15) is 21.6 Å². The van der Waals surface area contributed by atoms with Gasteiger partial charge >= 0.3 is 6.18 Å². The van der Waals surface area contributed by atoms with Crippen molar-refractivity contribution < 1.29 is 21.6 Å². The van der Waals surface area contributed by atoms with Gasteiger partial charge in [-0.1, -0.05) is 0 Å². The fraction of sp³-hybridized carbons (Fsp3) is 0.333. The molecule has 1 aromatic rings. The molecule has 0 bridgehead atoms. The van der Waals surface area contributed by atoms with Crippen LogP contribution >= 0.6 is 0 Å². The Morgan fingerprint density at radius 2 is 1.71 bits per heavy atom. The van der Waals surface area contributed by atoms with Crippen LogP contribution in [0.3, 0.4) is 0 Å². The molecule has 1 rings (SSSR count). The summed E-state index contributed by atoms with van der Waals surface area (Å²) in [7, 11) is -3.57. The highest BCUT2D eigenvalue weighted by atomic mass is 32.2. The number of rotatable bonds is 4. The highest BCUT2D eigenvalue weighted by Gasteiger charge is 2.29. The molecule has 0 atom stereocenters. The molecule has 0 heterocycles. The standard InChI is InChI=1S/C9H11F3N2O2S/c10-9(11,12)7-1-3-8(4-2-7)14-5-6-17(13,15)16/h1-4,14H,5-6H2,(H2,13,15,16). The second kappa shape index (κ2) is 4.92. The van der Waals surface area contributed by atoms with Gasteiger partial charge in [0.25, 0.3) is 0 Å². The molecule has 96 valence electrons. The second-order valence-electron chi connectivity index (χ2n) is 3.37. The van der Waals surface area contributed by atoms with Crippen molar-refractivity contribution in [3.63, 3.8) is 0 Å². The number of primary sulfonamides is 1. The number of hydrogen-bond acceptors (Lipinski definition) is 3. The van der Waals surface area contributed by atoms with Crippen LogP contribution in [-0.4, -0.2) is 20.7 Å². The average molecular weight is 268 g/mol. The molecule has 0 unspecified atom stereocenters. The van der Waals surface area contributed by atoms with Crippen molar-refractivity contribution in [3.05, 3.63) is 29.8 Å². The van der Waals surface area contributed by atoms with Crippen LogP contribution in [0.2, 0.25) is 0 Å². The molecule has 17 heavy (non-hydrogen) atoms. The van der Waals surface area contributed by atoms with E-state index in [0.29, 0.717) is 5.69 Å². The summed E-state index contributed by atoms with van der Waals surface area (Å²) >= 11 is 0. The van der Waals surface area contributed by atoms with Gasteiger partial charge in [-0.2, -0.15) is 13.2 Å². The van der Waals surface area contributed by atoms with Gasteiger partial charge in [0.2, 0.25) is 10.0 Å². The van der Waals surface area contributed by atoms with E-state index >= 15 is 0 Å². The summed E-state index contributed by atoms with van der Waals surface area (Å²) in [5.74, 6) is -0.284. The van der Waals surface area contributed by atoms with Gasteiger partial charge in [-0.3, -0.25) is 0 Å². The number of nitrogens with two attached hydrogens (primary N) is 1. The first-order valence-electron chi connectivity index (χ1n) is 4.60. The Bertz CT molecular complexity index is 468. The molecule has 3 N–H and O–H groups in total. The molecular weight excluding hydrogens is 257 g/mol. The molecule has 0 aliphatic heterocycles. The highest BCUT2D eigenvalue weighted by molar-refractivity contribution is 7.89. The van der Waals surface area contributed by atoms with Crippen molar-refractivity contribution in [3.8, 4) is 0 Å². The molecule has 4 nitrogen and oxygen atoms in total. The summed E-state index contributed by atoms with van der Waals surface area (Å²) in [5.41, 5.74) is -0.351. The van der Waals surface area contributed by atoms with Crippen LogP contribution in [-0.2, 0) is 16.2 Å². The highest BCUT2D eigenvalue weighted by Crippen LogP contribution is 2.29. The first-order valence-corrected chi connectivity index (χ1v) is 6.31. The molecule has 0 saturated carbocycles. The smallest absolute Gasteiger partial charge is 0.384 e. The summed E-state index contributed by atoms with van der Waals surface area (Å²) in [6.07, 6.45) is -4.38. The normalized spacial score (nSPS) is 12.5. The van der Waals surface area contributed by atoms with Crippen LogP contribution in [0.25, 0.3) is 0 Å². The van der Waals surface area contributed by atoms with Crippen molar-refractivity contribution in [2.24, 2.45) is 5.14 Å². The number of sulfonamides is 1. The lowest BCUT2D eigenvalue weighted by Gasteiger charge is -2.08. The Balaban J connectivity index is 2.58. The average Bonchev–Trinajstić information content (AvgIpc) is 2.15. The number of halogens is 3. The molecule has 8 heteroatoms. The number of benzene rings is 1.